The van der Waals surface area contributed by atoms with Crippen molar-refractivity contribution in [3.8, 4) is 0 Å². The van der Waals surface area contributed by atoms with Crippen molar-refractivity contribution in [2.24, 2.45) is 0 Å². The zero-order valence-electron chi connectivity index (χ0n) is 12.5. The number of ether oxygens (including phenoxy) is 1. The number of aromatic nitrogens is 4. The van der Waals surface area contributed by atoms with E-state index in [0.717, 1.165) is 37.7 Å². The van der Waals surface area contributed by atoms with Gasteiger partial charge in [-0.1, -0.05) is 6.92 Å². The lowest BCUT2D eigenvalue weighted by molar-refractivity contribution is 0.178. The Morgan fingerprint density at radius 2 is 1.95 bits per heavy atom. The Kier molecular flexibility index (Phi) is 5.96. The minimum atomic E-state index is 0.398. The number of rotatable bonds is 9. The maximum atomic E-state index is 5.11. The second-order valence-corrected chi connectivity index (χ2v) is 4.61. The molecule has 114 valence electrons. The van der Waals surface area contributed by atoms with Gasteiger partial charge in [-0.3, -0.25) is 4.68 Å². The molecule has 0 amide bonds. The molecule has 21 heavy (non-hydrogen) atoms. The summed E-state index contributed by atoms with van der Waals surface area (Å²) in [5.74, 6) is 2.28. The van der Waals surface area contributed by atoms with E-state index in [2.05, 4.69) is 32.6 Å². The van der Waals surface area contributed by atoms with Crippen LogP contribution in [0.1, 0.15) is 19.2 Å². The van der Waals surface area contributed by atoms with Gasteiger partial charge < -0.3 is 15.4 Å². The molecule has 0 spiro atoms. The van der Waals surface area contributed by atoms with E-state index in [1.165, 1.54) is 0 Å². The molecule has 2 N–H and O–H groups in total. The lowest BCUT2D eigenvalue weighted by Gasteiger charge is -2.11. The summed E-state index contributed by atoms with van der Waals surface area (Å²) in [4.78, 5) is 8.85. The van der Waals surface area contributed by atoms with Crippen LogP contribution in [0.2, 0.25) is 0 Å². The maximum Gasteiger partial charge on any atom is 0.158 e. The van der Waals surface area contributed by atoms with Crippen molar-refractivity contribution in [2.45, 2.75) is 26.5 Å². The molecule has 7 nitrogen and oxygen atoms in total. The molecule has 0 aliphatic rings. The van der Waals surface area contributed by atoms with Crippen molar-refractivity contribution < 1.29 is 4.74 Å². The summed E-state index contributed by atoms with van der Waals surface area (Å²) in [5.41, 5.74) is 0. The third-order valence-electron chi connectivity index (χ3n) is 2.81. The Balaban J connectivity index is 1.97. The fourth-order valence-electron chi connectivity index (χ4n) is 1.86. The second kappa shape index (κ2) is 8.21. The van der Waals surface area contributed by atoms with Gasteiger partial charge in [-0.25, -0.2) is 9.97 Å². The van der Waals surface area contributed by atoms with Gasteiger partial charge in [-0.15, -0.1) is 0 Å². The topological polar surface area (TPSA) is 76.9 Å². The first-order valence-corrected chi connectivity index (χ1v) is 7.14. The largest absolute Gasteiger partial charge is 0.377 e. The normalized spacial score (nSPS) is 10.6. The molecule has 0 fully saturated rings. The molecule has 0 aliphatic heterocycles. The van der Waals surface area contributed by atoms with Gasteiger partial charge in [0.1, 0.15) is 18.2 Å². The quantitative estimate of drug-likeness (QED) is 0.733. The Hall–Kier alpha value is -2.15. The highest BCUT2D eigenvalue weighted by Crippen LogP contribution is 2.12. The van der Waals surface area contributed by atoms with Gasteiger partial charge in [0.25, 0.3) is 0 Å². The van der Waals surface area contributed by atoms with Gasteiger partial charge >= 0.3 is 0 Å². The minimum Gasteiger partial charge on any atom is -0.377 e. The molecule has 0 aromatic carbocycles. The number of hydrogen-bond acceptors (Lipinski definition) is 6. The number of nitrogens with zero attached hydrogens (tertiary/aromatic N) is 4. The highest BCUT2D eigenvalue weighted by atomic mass is 16.5. The molecule has 0 unspecified atom stereocenters. The second-order valence-electron chi connectivity index (χ2n) is 4.61. The number of hydrogen-bond donors (Lipinski definition) is 2. The standard InChI is InChI=1S/C14H22N6O/c1-3-5-15-12-10-13(19-14(18-12)11-21-2)16-7-9-20-8-4-6-17-20/h4,6,8,10H,3,5,7,9,11H2,1-2H3,(H2,15,16,18,19). The van der Waals surface area contributed by atoms with Gasteiger partial charge in [0.05, 0.1) is 6.54 Å². The third kappa shape index (κ3) is 5.03. The molecule has 0 radical (unpaired) electrons. The van der Waals surface area contributed by atoms with Crippen LogP contribution in [0.5, 0.6) is 0 Å². The molecule has 2 aromatic rings. The molecule has 2 heterocycles. The van der Waals surface area contributed by atoms with Crippen LogP contribution in [-0.2, 0) is 17.9 Å². The van der Waals surface area contributed by atoms with Crippen LogP contribution in [0.3, 0.4) is 0 Å². The average molecular weight is 290 g/mol. The molecule has 7 heteroatoms. The fraction of sp³-hybridized carbons (Fsp3) is 0.500. The molecular weight excluding hydrogens is 268 g/mol. The van der Waals surface area contributed by atoms with E-state index in [1.54, 1.807) is 13.3 Å². The highest BCUT2D eigenvalue weighted by molar-refractivity contribution is 5.47. The van der Waals surface area contributed by atoms with Gasteiger partial charge in [-0.2, -0.15) is 5.10 Å². The zero-order valence-corrected chi connectivity index (χ0v) is 12.5. The van der Waals surface area contributed by atoms with Crippen molar-refractivity contribution in [1.82, 2.24) is 19.7 Å². The zero-order chi connectivity index (χ0) is 14.9. The first-order valence-electron chi connectivity index (χ1n) is 7.14. The van der Waals surface area contributed by atoms with E-state index >= 15 is 0 Å². The summed E-state index contributed by atoms with van der Waals surface area (Å²) in [6.45, 7) is 4.94. The Morgan fingerprint density at radius 1 is 1.19 bits per heavy atom. The SMILES string of the molecule is CCCNc1cc(NCCn2cccn2)nc(COC)n1. The van der Waals surface area contributed by atoms with Crippen LogP contribution >= 0.6 is 0 Å². The lowest BCUT2D eigenvalue weighted by atomic mass is 10.4. The van der Waals surface area contributed by atoms with Crippen molar-refractivity contribution >= 4 is 11.6 Å². The van der Waals surface area contributed by atoms with Crippen LogP contribution < -0.4 is 10.6 Å². The summed E-state index contributed by atoms with van der Waals surface area (Å²) in [7, 11) is 1.64. The van der Waals surface area contributed by atoms with E-state index in [0.29, 0.717) is 12.4 Å². The van der Waals surface area contributed by atoms with E-state index in [9.17, 15) is 0 Å². The average Bonchev–Trinajstić information content (AvgIpc) is 2.99. The summed E-state index contributed by atoms with van der Waals surface area (Å²) in [5, 5.41) is 10.7. The monoisotopic (exact) mass is 290 g/mol. The fourth-order valence-corrected chi connectivity index (χ4v) is 1.86. The molecule has 2 rings (SSSR count). The Labute approximate surface area is 124 Å². The van der Waals surface area contributed by atoms with Crippen LogP contribution in [-0.4, -0.2) is 39.9 Å². The predicted molar refractivity (Wildman–Crippen MR) is 82.2 cm³/mol. The van der Waals surface area contributed by atoms with E-state index in [4.69, 9.17) is 4.74 Å². The summed E-state index contributed by atoms with van der Waals surface area (Å²) >= 11 is 0. The highest BCUT2D eigenvalue weighted by Gasteiger charge is 2.04. The maximum absolute atomic E-state index is 5.11. The van der Waals surface area contributed by atoms with E-state index in [1.807, 2.05) is 23.0 Å². The van der Waals surface area contributed by atoms with Gasteiger partial charge in [0.2, 0.25) is 0 Å². The van der Waals surface area contributed by atoms with Crippen molar-refractivity contribution in [2.75, 3.05) is 30.8 Å². The Morgan fingerprint density at radius 3 is 2.57 bits per heavy atom. The number of nitrogens with one attached hydrogen (secondary N) is 2. The molecule has 0 bridgehead atoms. The lowest BCUT2D eigenvalue weighted by Crippen LogP contribution is -2.14. The minimum absolute atomic E-state index is 0.398. The van der Waals surface area contributed by atoms with Crippen LogP contribution in [0.25, 0.3) is 0 Å². The van der Waals surface area contributed by atoms with Crippen LogP contribution in [0.4, 0.5) is 11.6 Å². The first-order chi connectivity index (χ1) is 10.3. The molecule has 2 aromatic heterocycles. The molecule has 0 saturated heterocycles. The molecular formula is C14H22N6O. The van der Waals surface area contributed by atoms with Gasteiger partial charge in [0, 0.05) is 38.7 Å². The van der Waals surface area contributed by atoms with Crippen molar-refractivity contribution in [3.63, 3.8) is 0 Å². The molecule has 0 atom stereocenters. The van der Waals surface area contributed by atoms with Crippen LogP contribution in [0.15, 0.2) is 24.5 Å². The van der Waals surface area contributed by atoms with Crippen molar-refractivity contribution in [3.05, 3.63) is 30.4 Å². The van der Waals surface area contributed by atoms with Crippen LogP contribution in [0, 0.1) is 0 Å². The van der Waals surface area contributed by atoms with E-state index < -0.39 is 0 Å². The predicted octanol–water partition coefficient (Wildman–Crippen LogP) is 1.75. The van der Waals surface area contributed by atoms with E-state index in [-0.39, 0.29) is 0 Å². The summed E-state index contributed by atoms with van der Waals surface area (Å²) in [6.07, 6.45) is 4.76. The summed E-state index contributed by atoms with van der Waals surface area (Å²) in [6, 6.07) is 3.83. The molecule has 0 saturated carbocycles. The number of anilines is 2. The first kappa shape index (κ1) is 15.2. The van der Waals surface area contributed by atoms with Crippen molar-refractivity contribution in [1.29, 1.82) is 0 Å². The van der Waals surface area contributed by atoms with Gasteiger partial charge in [0.15, 0.2) is 5.82 Å². The summed E-state index contributed by atoms with van der Waals surface area (Å²) < 4.78 is 6.99. The Bertz CT molecular complexity index is 528. The van der Waals surface area contributed by atoms with Gasteiger partial charge in [-0.05, 0) is 12.5 Å². The third-order valence-corrected chi connectivity index (χ3v) is 2.81. The molecule has 0 aliphatic carbocycles. The number of methoxy groups -OCH3 is 1. The smallest absolute Gasteiger partial charge is 0.158 e.